The first-order valence-corrected chi connectivity index (χ1v) is 7.61. The normalized spacial score (nSPS) is 13.9. The molecule has 112 valence electrons. The molecule has 1 atom stereocenters. The zero-order valence-corrected chi connectivity index (χ0v) is 13.0. The SMILES string of the molecule is CCNC(C)(CCCSc1nc(C)cc(=O)[nH]1)C(N)=O. The minimum absolute atomic E-state index is 0.144. The Morgan fingerprint density at radius 3 is 2.85 bits per heavy atom. The first kappa shape index (κ1) is 16.7. The number of rotatable bonds is 8. The number of hydrogen-bond donors (Lipinski definition) is 3. The number of H-pyrrole nitrogens is 1. The summed E-state index contributed by atoms with van der Waals surface area (Å²) in [4.78, 5) is 29.7. The molecule has 0 saturated heterocycles. The third kappa shape index (κ3) is 4.97. The number of aromatic amines is 1. The van der Waals surface area contributed by atoms with Crippen molar-refractivity contribution in [3.63, 3.8) is 0 Å². The second-order valence-corrected chi connectivity index (χ2v) is 5.95. The van der Waals surface area contributed by atoms with Crippen molar-refractivity contribution in [2.24, 2.45) is 5.73 Å². The molecule has 0 spiro atoms. The number of primary amides is 1. The van der Waals surface area contributed by atoms with Crippen molar-refractivity contribution in [2.45, 2.75) is 44.3 Å². The van der Waals surface area contributed by atoms with Gasteiger partial charge in [-0.05, 0) is 33.2 Å². The standard InChI is InChI=1S/C13H22N4O2S/c1-4-15-13(3,11(14)19)6-5-7-20-12-16-9(2)8-10(18)17-12/h8,15H,4-7H2,1-3H3,(H2,14,19)(H,16,17,18). The minimum atomic E-state index is -0.678. The highest BCUT2D eigenvalue weighted by atomic mass is 32.2. The molecule has 0 aromatic carbocycles. The Bertz CT molecular complexity index is 517. The minimum Gasteiger partial charge on any atom is -0.368 e. The summed E-state index contributed by atoms with van der Waals surface area (Å²) in [6.07, 6.45) is 1.45. The lowest BCUT2D eigenvalue weighted by Gasteiger charge is -2.26. The summed E-state index contributed by atoms with van der Waals surface area (Å²) in [6.45, 7) is 6.24. The van der Waals surface area contributed by atoms with E-state index in [0.717, 1.165) is 12.2 Å². The molecule has 0 aliphatic rings. The van der Waals surface area contributed by atoms with Crippen molar-refractivity contribution in [1.82, 2.24) is 15.3 Å². The van der Waals surface area contributed by atoms with Gasteiger partial charge in [-0.25, -0.2) is 4.98 Å². The molecule has 1 unspecified atom stereocenters. The molecule has 0 fully saturated rings. The molecule has 1 aromatic heterocycles. The van der Waals surface area contributed by atoms with E-state index in [1.807, 2.05) is 13.8 Å². The second kappa shape index (κ2) is 7.44. The van der Waals surface area contributed by atoms with Crippen LogP contribution in [0.15, 0.2) is 16.0 Å². The average molecular weight is 298 g/mol. The maximum absolute atomic E-state index is 11.5. The largest absolute Gasteiger partial charge is 0.368 e. The fourth-order valence-electron chi connectivity index (χ4n) is 1.90. The fraction of sp³-hybridized carbons (Fsp3) is 0.615. The average Bonchev–Trinajstić information content (AvgIpc) is 2.33. The molecule has 20 heavy (non-hydrogen) atoms. The van der Waals surface area contributed by atoms with Crippen LogP contribution >= 0.6 is 11.8 Å². The zero-order chi connectivity index (χ0) is 15.2. The Hall–Kier alpha value is -1.34. The Balaban J connectivity index is 2.48. The Kier molecular flexibility index (Phi) is 6.22. The van der Waals surface area contributed by atoms with Crippen molar-refractivity contribution in [3.05, 3.63) is 22.1 Å². The fourth-order valence-corrected chi connectivity index (χ4v) is 2.77. The van der Waals surface area contributed by atoms with Crippen LogP contribution in [0.4, 0.5) is 0 Å². The first-order chi connectivity index (χ1) is 9.37. The van der Waals surface area contributed by atoms with E-state index < -0.39 is 5.54 Å². The molecule has 0 aliphatic carbocycles. The van der Waals surface area contributed by atoms with Crippen LogP contribution in [0.5, 0.6) is 0 Å². The van der Waals surface area contributed by atoms with E-state index in [4.69, 9.17) is 5.73 Å². The summed E-state index contributed by atoms with van der Waals surface area (Å²) < 4.78 is 0. The Morgan fingerprint density at radius 2 is 2.30 bits per heavy atom. The molecule has 0 bridgehead atoms. The van der Waals surface area contributed by atoms with Gasteiger partial charge in [0.15, 0.2) is 5.16 Å². The van der Waals surface area contributed by atoms with Gasteiger partial charge in [-0.15, -0.1) is 0 Å². The maximum atomic E-state index is 11.5. The Labute approximate surface area is 122 Å². The van der Waals surface area contributed by atoms with Crippen LogP contribution in [-0.2, 0) is 4.79 Å². The summed E-state index contributed by atoms with van der Waals surface area (Å²) in [7, 11) is 0. The summed E-state index contributed by atoms with van der Waals surface area (Å²) in [5, 5.41) is 3.73. The molecule has 0 aliphatic heterocycles. The van der Waals surface area contributed by atoms with E-state index in [1.54, 1.807) is 6.92 Å². The molecule has 1 amide bonds. The molecular weight excluding hydrogens is 276 g/mol. The number of nitrogens with two attached hydrogens (primary N) is 1. The van der Waals surface area contributed by atoms with E-state index in [2.05, 4.69) is 15.3 Å². The highest BCUT2D eigenvalue weighted by Gasteiger charge is 2.28. The molecular formula is C13H22N4O2S. The van der Waals surface area contributed by atoms with Gasteiger partial charge in [-0.1, -0.05) is 18.7 Å². The lowest BCUT2D eigenvalue weighted by molar-refractivity contribution is -0.124. The number of carbonyl (C=O) groups is 1. The molecule has 4 N–H and O–H groups in total. The Morgan fingerprint density at radius 1 is 1.60 bits per heavy atom. The van der Waals surface area contributed by atoms with Crippen molar-refractivity contribution in [3.8, 4) is 0 Å². The first-order valence-electron chi connectivity index (χ1n) is 6.63. The number of aryl methyl sites for hydroxylation is 1. The van der Waals surface area contributed by atoms with E-state index in [1.165, 1.54) is 17.8 Å². The number of amides is 1. The summed E-state index contributed by atoms with van der Waals surface area (Å²) in [6, 6.07) is 1.46. The topological polar surface area (TPSA) is 101 Å². The van der Waals surface area contributed by atoms with Gasteiger partial charge in [0.05, 0.1) is 5.54 Å². The number of carbonyl (C=O) groups excluding carboxylic acids is 1. The van der Waals surface area contributed by atoms with Crippen LogP contribution < -0.4 is 16.6 Å². The summed E-state index contributed by atoms with van der Waals surface area (Å²) in [5.74, 6) is 0.423. The van der Waals surface area contributed by atoms with Crippen LogP contribution in [0, 0.1) is 6.92 Å². The number of aromatic nitrogens is 2. The van der Waals surface area contributed by atoms with Gasteiger partial charge in [-0.2, -0.15) is 0 Å². The second-order valence-electron chi connectivity index (χ2n) is 4.87. The van der Waals surface area contributed by atoms with Crippen molar-refractivity contribution >= 4 is 17.7 Å². The quantitative estimate of drug-likeness (QED) is 0.374. The smallest absolute Gasteiger partial charge is 0.251 e. The molecule has 1 heterocycles. The van der Waals surface area contributed by atoms with Crippen LogP contribution in [0.3, 0.4) is 0 Å². The highest BCUT2D eigenvalue weighted by molar-refractivity contribution is 7.99. The van der Waals surface area contributed by atoms with Gasteiger partial charge >= 0.3 is 0 Å². The third-order valence-electron chi connectivity index (χ3n) is 3.02. The van der Waals surface area contributed by atoms with Gasteiger partial charge in [0, 0.05) is 17.5 Å². The predicted octanol–water partition coefficient (Wildman–Crippen LogP) is 0.804. The molecule has 0 saturated carbocycles. The van der Waals surface area contributed by atoms with E-state index in [-0.39, 0.29) is 11.5 Å². The van der Waals surface area contributed by atoms with E-state index >= 15 is 0 Å². The lowest BCUT2D eigenvalue weighted by atomic mass is 9.95. The zero-order valence-electron chi connectivity index (χ0n) is 12.2. The van der Waals surface area contributed by atoms with Crippen LogP contribution in [0.25, 0.3) is 0 Å². The van der Waals surface area contributed by atoms with Gasteiger partial charge < -0.3 is 16.0 Å². The third-order valence-corrected chi connectivity index (χ3v) is 3.98. The van der Waals surface area contributed by atoms with Crippen molar-refractivity contribution in [2.75, 3.05) is 12.3 Å². The van der Waals surface area contributed by atoms with Crippen LogP contribution in [0.2, 0.25) is 0 Å². The molecule has 7 heteroatoms. The molecule has 1 rings (SSSR count). The van der Waals surface area contributed by atoms with Gasteiger partial charge in [0.2, 0.25) is 5.91 Å². The summed E-state index contributed by atoms with van der Waals surface area (Å²) in [5.41, 5.74) is 5.30. The number of hydrogen-bond acceptors (Lipinski definition) is 5. The van der Waals surface area contributed by atoms with Crippen molar-refractivity contribution < 1.29 is 4.79 Å². The maximum Gasteiger partial charge on any atom is 0.251 e. The number of thioether (sulfide) groups is 1. The van der Waals surface area contributed by atoms with E-state index in [0.29, 0.717) is 23.8 Å². The lowest BCUT2D eigenvalue weighted by Crippen LogP contribution is -2.53. The van der Waals surface area contributed by atoms with Crippen LogP contribution in [-0.4, -0.2) is 33.7 Å². The molecule has 0 radical (unpaired) electrons. The number of nitrogens with zero attached hydrogens (tertiary/aromatic N) is 1. The van der Waals surface area contributed by atoms with Crippen molar-refractivity contribution in [1.29, 1.82) is 0 Å². The van der Waals surface area contributed by atoms with Gasteiger partial charge in [0.25, 0.3) is 5.56 Å². The van der Waals surface area contributed by atoms with Gasteiger partial charge in [0.1, 0.15) is 0 Å². The summed E-state index contributed by atoms with van der Waals surface area (Å²) >= 11 is 1.47. The number of likely N-dealkylation sites (N-methyl/N-ethyl adjacent to an activating group) is 1. The predicted molar refractivity (Wildman–Crippen MR) is 80.8 cm³/mol. The van der Waals surface area contributed by atoms with Gasteiger partial charge in [-0.3, -0.25) is 9.59 Å². The monoisotopic (exact) mass is 298 g/mol. The van der Waals surface area contributed by atoms with Crippen LogP contribution in [0.1, 0.15) is 32.4 Å². The molecule has 6 nitrogen and oxygen atoms in total. The molecule has 1 aromatic rings. The highest BCUT2D eigenvalue weighted by Crippen LogP contribution is 2.18. The number of nitrogens with one attached hydrogen (secondary N) is 2. The van der Waals surface area contributed by atoms with E-state index in [9.17, 15) is 9.59 Å².